The van der Waals surface area contributed by atoms with Crippen molar-refractivity contribution in [2.24, 2.45) is 11.1 Å². The van der Waals surface area contributed by atoms with Crippen LogP contribution >= 0.6 is 11.3 Å². The summed E-state index contributed by atoms with van der Waals surface area (Å²) in [5.74, 6) is 0. The van der Waals surface area contributed by atoms with Gasteiger partial charge in [0.1, 0.15) is 0 Å². The van der Waals surface area contributed by atoms with Crippen molar-refractivity contribution < 1.29 is 0 Å². The molecule has 1 rings (SSSR count). The zero-order valence-electron chi connectivity index (χ0n) is 9.47. The Bertz CT molecular complexity index is 276. The van der Waals surface area contributed by atoms with Crippen molar-refractivity contribution in [3.8, 4) is 0 Å². The standard InChI is InChI=1S/C12H21NS/c1-10-5-9-14-11(10)4-6-12(2,3)7-8-13/h5,9H,4,6-8,13H2,1-3H3. The van der Waals surface area contributed by atoms with Crippen molar-refractivity contribution >= 4 is 11.3 Å². The first-order valence-corrected chi connectivity index (χ1v) is 6.16. The van der Waals surface area contributed by atoms with E-state index in [0.717, 1.165) is 13.0 Å². The van der Waals surface area contributed by atoms with Crippen molar-refractivity contribution in [1.82, 2.24) is 0 Å². The highest BCUT2D eigenvalue weighted by Crippen LogP contribution is 2.28. The lowest BCUT2D eigenvalue weighted by molar-refractivity contribution is 0.314. The fourth-order valence-electron chi connectivity index (χ4n) is 1.63. The summed E-state index contributed by atoms with van der Waals surface area (Å²) in [5.41, 5.74) is 7.43. The molecule has 0 fully saturated rings. The smallest absolute Gasteiger partial charge is 0.00746 e. The lowest BCUT2D eigenvalue weighted by atomic mass is 9.84. The van der Waals surface area contributed by atoms with Crippen LogP contribution in [-0.4, -0.2) is 6.54 Å². The van der Waals surface area contributed by atoms with E-state index >= 15 is 0 Å². The van der Waals surface area contributed by atoms with Gasteiger partial charge in [0.05, 0.1) is 0 Å². The van der Waals surface area contributed by atoms with Gasteiger partial charge in [0.2, 0.25) is 0 Å². The summed E-state index contributed by atoms with van der Waals surface area (Å²) in [5, 5.41) is 2.18. The lowest BCUT2D eigenvalue weighted by Gasteiger charge is -2.23. The van der Waals surface area contributed by atoms with E-state index in [4.69, 9.17) is 5.73 Å². The molecule has 2 heteroatoms. The SMILES string of the molecule is Cc1ccsc1CCC(C)(C)CCN. The second-order valence-corrected chi connectivity index (χ2v) is 5.73. The fourth-order valence-corrected chi connectivity index (χ4v) is 2.54. The maximum Gasteiger partial charge on any atom is 0.00746 e. The molecule has 1 nitrogen and oxygen atoms in total. The molecule has 1 heterocycles. The van der Waals surface area contributed by atoms with Crippen LogP contribution < -0.4 is 5.73 Å². The van der Waals surface area contributed by atoms with Gasteiger partial charge < -0.3 is 5.73 Å². The minimum atomic E-state index is 0.394. The zero-order chi connectivity index (χ0) is 10.6. The first kappa shape index (κ1) is 11.7. The third-order valence-electron chi connectivity index (χ3n) is 2.82. The van der Waals surface area contributed by atoms with Gasteiger partial charge in [-0.05, 0) is 55.2 Å². The monoisotopic (exact) mass is 211 g/mol. The highest BCUT2D eigenvalue weighted by molar-refractivity contribution is 7.10. The molecule has 0 aliphatic carbocycles. The molecule has 0 spiro atoms. The van der Waals surface area contributed by atoms with Gasteiger partial charge in [0.15, 0.2) is 0 Å². The maximum atomic E-state index is 5.60. The summed E-state index contributed by atoms with van der Waals surface area (Å²) < 4.78 is 0. The Morgan fingerprint density at radius 1 is 1.36 bits per heavy atom. The van der Waals surface area contributed by atoms with Crippen molar-refractivity contribution in [3.05, 3.63) is 21.9 Å². The van der Waals surface area contributed by atoms with Gasteiger partial charge in [-0.3, -0.25) is 0 Å². The minimum absolute atomic E-state index is 0.394. The van der Waals surface area contributed by atoms with Crippen LogP contribution in [0.1, 0.15) is 37.1 Å². The van der Waals surface area contributed by atoms with Crippen molar-refractivity contribution in [3.63, 3.8) is 0 Å². The highest BCUT2D eigenvalue weighted by Gasteiger charge is 2.17. The molecular formula is C12H21NS. The Kier molecular flexibility index (Phi) is 4.14. The minimum Gasteiger partial charge on any atom is -0.330 e. The van der Waals surface area contributed by atoms with Crippen LogP contribution in [0.15, 0.2) is 11.4 Å². The third kappa shape index (κ3) is 3.43. The van der Waals surface area contributed by atoms with Crippen molar-refractivity contribution in [2.75, 3.05) is 6.54 Å². The first-order chi connectivity index (χ1) is 6.55. The number of hydrogen-bond acceptors (Lipinski definition) is 2. The molecule has 80 valence electrons. The normalized spacial score (nSPS) is 12.0. The number of rotatable bonds is 5. The Morgan fingerprint density at radius 2 is 2.07 bits per heavy atom. The topological polar surface area (TPSA) is 26.0 Å². The van der Waals surface area contributed by atoms with Gasteiger partial charge >= 0.3 is 0 Å². The van der Waals surface area contributed by atoms with Crippen LogP contribution in [0, 0.1) is 12.3 Å². The molecule has 14 heavy (non-hydrogen) atoms. The highest BCUT2D eigenvalue weighted by atomic mass is 32.1. The van der Waals surface area contributed by atoms with Gasteiger partial charge in [-0.25, -0.2) is 0 Å². The molecule has 0 radical (unpaired) electrons. The van der Waals surface area contributed by atoms with E-state index in [-0.39, 0.29) is 0 Å². The number of thiophene rings is 1. The maximum absolute atomic E-state index is 5.60. The Hall–Kier alpha value is -0.340. The van der Waals surface area contributed by atoms with Gasteiger partial charge in [-0.2, -0.15) is 0 Å². The Labute approximate surface area is 91.3 Å². The van der Waals surface area contributed by atoms with E-state index < -0.39 is 0 Å². The largest absolute Gasteiger partial charge is 0.330 e. The molecular weight excluding hydrogens is 190 g/mol. The molecule has 0 aliphatic heterocycles. The molecule has 0 aliphatic rings. The molecule has 1 aromatic heterocycles. The van der Waals surface area contributed by atoms with Crippen LogP contribution in [-0.2, 0) is 6.42 Å². The van der Waals surface area contributed by atoms with E-state index in [1.807, 2.05) is 11.3 Å². The molecule has 0 atom stereocenters. The molecule has 0 amide bonds. The van der Waals surface area contributed by atoms with E-state index in [1.165, 1.54) is 23.3 Å². The number of nitrogens with two attached hydrogens (primary N) is 1. The summed E-state index contributed by atoms with van der Waals surface area (Å²) in [4.78, 5) is 1.54. The van der Waals surface area contributed by atoms with Gasteiger partial charge in [-0.15, -0.1) is 11.3 Å². The lowest BCUT2D eigenvalue weighted by Crippen LogP contribution is -2.17. The number of hydrogen-bond donors (Lipinski definition) is 1. The molecule has 0 saturated heterocycles. The summed E-state index contributed by atoms with van der Waals surface area (Å²) in [6, 6.07) is 2.20. The van der Waals surface area contributed by atoms with Crippen LogP contribution in [0.25, 0.3) is 0 Å². The van der Waals surface area contributed by atoms with Crippen LogP contribution in [0.3, 0.4) is 0 Å². The van der Waals surface area contributed by atoms with E-state index in [1.54, 1.807) is 0 Å². The van der Waals surface area contributed by atoms with Crippen LogP contribution in [0.2, 0.25) is 0 Å². The van der Waals surface area contributed by atoms with Crippen LogP contribution in [0.5, 0.6) is 0 Å². The predicted octanol–water partition coefficient (Wildman–Crippen LogP) is 3.36. The summed E-state index contributed by atoms with van der Waals surface area (Å²) in [7, 11) is 0. The predicted molar refractivity (Wildman–Crippen MR) is 64.8 cm³/mol. The molecule has 0 bridgehead atoms. The fraction of sp³-hybridized carbons (Fsp3) is 0.667. The van der Waals surface area contributed by atoms with E-state index in [9.17, 15) is 0 Å². The Balaban J connectivity index is 2.44. The Morgan fingerprint density at radius 3 is 2.57 bits per heavy atom. The van der Waals surface area contributed by atoms with Gasteiger partial charge in [-0.1, -0.05) is 13.8 Å². The summed E-state index contributed by atoms with van der Waals surface area (Å²) >= 11 is 1.88. The van der Waals surface area contributed by atoms with Gasteiger partial charge in [0, 0.05) is 4.88 Å². The molecule has 0 aromatic carbocycles. The zero-order valence-corrected chi connectivity index (χ0v) is 10.3. The third-order valence-corrected chi connectivity index (χ3v) is 3.90. The van der Waals surface area contributed by atoms with Crippen molar-refractivity contribution in [1.29, 1.82) is 0 Å². The first-order valence-electron chi connectivity index (χ1n) is 5.28. The summed E-state index contributed by atoms with van der Waals surface area (Å²) in [6.07, 6.45) is 3.57. The van der Waals surface area contributed by atoms with E-state index in [2.05, 4.69) is 32.2 Å². The average Bonchev–Trinajstić information content (AvgIpc) is 2.48. The molecule has 0 unspecified atom stereocenters. The van der Waals surface area contributed by atoms with Gasteiger partial charge in [0.25, 0.3) is 0 Å². The van der Waals surface area contributed by atoms with E-state index in [0.29, 0.717) is 5.41 Å². The quantitative estimate of drug-likeness (QED) is 0.794. The second-order valence-electron chi connectivity index (χ2n) is 4.73. The number of aryl methyl sites for hydroxylation is 2. The average molecular weight is 211 g/mol. The summed E-state index contributed by atoms with van der Waals surface area (Å²) in [6.45, 7) is 7.61. The van der Waals surface area contributed by atoms with Crippen molar-refractivity contribution in [2.45, 2.75) is 40.0 Å². The second kappa shape index (κ2) is 4.94. The molecule has 2 N–H and O–H groups in total. The van der Waals surface area contributed by atoms with Crippen LogP contribution in [0.4, 0.5) is 0 Å². The molecule has 1 aromatic rings. The molecule has 0 saturated carbocycles.